The quantitative estimate of drug-likeness (QED) is 0.819. The molecule has 2 bridgehead atoms. The number of nitrogens with zero attached hydrogens (tertiary/aromatic N) is 2. The molecule has 2 aliphatic rings. The highest BCUT2D eigenvalue weighted by molar-refractivity contribution is 5.70. The van der Waals surface area contributed by atoms with Crippen molar-refractivity contribution in [3.63, 3.8) is 0 Å². The van der Waals surface area contributed by atoms with Gasteiger partial charge in [-0.1, -0.05) is 18.2 Å². The van der Waals surface area contributed by atoms with Crippen LogP contribution in [0.2, 0.25) is 0 Å². The number of ether oxygens (including phenoxy) is 1. The molecule has 2 aliphatic heterocycles. The van der Waals surface area contributed by atoms with Crippen molar-refractivity contribution in [2.45, 2.75) is 69.9 Å². The fraction of sp³-hybridized carbons (Fsp3) is 0.632. The molecule has 24 heavy (non-hydrogen) atoms. The summed E-state index contributed by atoms with van der Waals surface area (Å²) < 4.78 is 20.7. The highest BCUT2D eigenvalue weighted by Crippen LogP contribution is 2.40. The predicted octanol–water partition coefficient (Wildman–Crippen LogP) is 4.00. The lowest BCUT2D eigenvalue weighted by Crippen LogP contribution is -2.59. The van der Waals surface area contributed by atoms with Crippen LogP contribution in [-0.2, 0) is 4.74 Å². The Morgan fingerprint density at radius 1 is 1.25 bits per heavy atom. The maximum absolute atomic E-state index is 15.2. The van der Waals surface area contributed by atoms with Crippen molar-refractivity contribution in [1.82, 2.24) is 4.90 Å². The number of rotatable bonds is 2. The number of hydrogen-bond donors (Lipinski definition) is 0. The van der Waals surface area contributed by atoms with Gasteiger partial charge in [-0.25, -0.2) is 9.18 Å². The molecule has 0 N–H and O–H groups in total. The molecule has 4 atom stereocenters. The maximum atomic E-state index is 15.2. The summed E-state index contributed by atoms with van der Waals surface area (Å²) >= 11 is 0. The lowest BCUT2D eigenvalue weighted by Gasteiger charge is -2.45. The average molecular weight is 334 g/mol. The van der Waals surface area contributed by atoms with Crippen molar-refractivity contribution < 1.29 is 13.9 Å². The summed E-state index contributed by atoms with van der Waals surface area (Å²) in [5.41, 5.74) is 0.454. The smallest absolute Gasteiger partial charge is 0.410 e. The number of piperidine rings is 1. The largest absolute Gasteiger partial charge is 0.444 e. The molecule has 1 aromatic rings. The van der Waals surface area contributed by atoms with Gasteiger partial charge in [-0.15, -0.1) is 0 Å². The van der Waals surface area contributed by atoms with Crippen molar-refractivity contribution >= 4 is 11.8 Å². The van der Waals surface area contributed by atoms with Crippen molar-refractivity contribution in [2.75, 3.05) is 11.9 Å². The molecule has 0 saturated carbocycles. The Morgan fingerprint density at radius 2 is 1.92 bits per heavy atom. The maximum Gasteiger partial charge on any atom is 0.410 e. The third-order valence-corrected chi connectivity index (χ3v) is 5.06. The van der Waals surface area contributed by atoms with Crippen LogP contribution in [0, 0.1) is 0 Å². The predicted molar refractivity (Wildman–Crippen MR) is 93.0 cm³/mol. The van der Waals surface area contributed by atoms with E-state index in [1.807, 2.05) is 63.1 Å². The summed E-state index contributed by atoms with van der Waals surface area (Å²) in [5.74, 6) is 0. The van der Waals surface area contributed by atoms with Crippen molar-refractivity contribution in [3.8, 4) is 0 Å². The van der Waals surface area contributed by atoms with Gasteiger partial charge in [0.1, 0.15) is 11.8 Å². The van der Waals surface area contributed by atoms with Crippen LogP contribution < -0.4 is 4.90 Å². The van der Waals surface area contributed by atoms with Crippen molar-refractivity contribution in [2.24, 2.45) is 0 Å². The Hall–Kier alpha value is -1.78. The Kier molecular flexibility index (Phi) is 4.45. The van der Waals surface area contributed by atoms with Crippen molar-refractivity contribution in [1.29, 1.82) is 0 Å². The molecule has 4 nitrogen and oxygen atoms in total. The Bertz CT molecular complexity index is 587. The fourth-order valence-corrected chi connectivity index (χ4v) is 3.95. The van der Waals surface area contributed by atoms with Gasteiger partial charge in [0.2, 0.25) is 0 Å². The second kappa shape index (κ2) is 6.26. The van der Waals surface area contributed by atoms with Crippen LogP contribution in [0.4, 0.5) is 14.9 Å². The molecule has 0 aliphatic carbocycles. The number of carbonyl (C=O) groups excluding carboxylic acids is 1. The van der Waals surface area contributed by atoms with Gasteiger partial charge in [-0.3, -0.25) is 4.90 Å². The van der Waals surface area contributed by atoms with E-state index in [0.29, 0.717) is 12.8 Å². The zero-order valence-corrected chi connectivity index (χ0v) is 14.9. The third-order valence-electron chi connectivity index (χ3n) is 5.06. The first-order valence-electron chi connectivity index (χ1n) is 8.71. The van der Waals surface area contributed by atoms with Crippen LogP contribution in [0.25, 0.3) is 0 Å². The van der Waals surface area contributed by atoms with Gasteiger partial charge in [0.05, 0.1) is 12.1 Å². The minimum atomic E-state index is -1.07. The Labute approximate surface area is 143 Å². The Balaban J connectivity index is 1.76. The fourth-order valence-electron chi connectivity index (χ4n) is 3.95. The zero-order chi connectivity index (χ0) is 17.5. The first-order valence-corrected chi connectivity index (χ1v) is 8.71. The average Bonchev–Trinajstić information content (AvgIpc) is 2.87. The monoisotopic (exact) mass is 334 g/mol. The van der Waals surface area contributed by atoms with Gasteiger partial charge in [0.15, 0.2) is 0 Å². The number of alkyl halides is 1. The number of carbonyl (C=O) groups is 1. The van der Waals surface area contributed by atoms with E-state index in [-0.39, 0.29) is 24.2 Å². The van der Waals surface area contributed by atoms with Crippen LogP contribution in [-0.4, -0.2) is 47.9 Å². The lowest BCUT2D eigenvalue weighted by atomic mass is 9.94. The van der Waals surface area contributed by atoms with Gasteiger partial charge in [0.25, 0.3) is 0 Å². The first-order chi connectivity index (χ1) is 11.3. The third kappa shape index (κ3) is 3.21. The van der Waals surface area contributed by atoms with E-state index in [1.54, 1.807) is 4.90 Å². The highest BCUT2D eigenvalue weighted by Gasteiger charge is 2.51. The van der Waals surface area contributed by atoms with E-state index in [9.17, 15) is 4.79 Å². The van der Waals surface area contributed by atoms with Crippen LogP contribution in [0.5, 0.6) is 0 Å². The minimum absolute atomic E-state index is 0.0630. The van der Waals surface area contributed by atoms with Crippen LogP contribution in [0.3, 0.4) is 0 Å². The first kappa shape index (κ1) is 17.1. The molecule has 3 rings (SSSR count). The normalized spacial score (nSPS) is 29.5. The van der Waals surface area contributed by atoms with E-state index >= 15 is 4.39 Å². The van der Waals surface area contributed by atoms with Crippen LogP contribution in [0.1, 0.15) is 40.0 Å². The van der Waals surface area contributed by atoms with Crippen LogP contribution in [0.15, 0.2) is 30.3 Å². The van der Waals surface area contributed by atoms with Crippen LogP contribution >= 0.6 is 0 Å². The molecule has 132 valence electrons. The van der Waals surface area contributed by atoms with Gasteiger partial charge in [-0.2, -0.15) is 0 Å². The molecule has 2 fully saturated rings. The number of halogens is 1. The molecule has 2 saturated heterocycles. The van der Waals surface area contributed by atoms with Gasteiger partial charge in [-0.05, 0) is 52.2 Å². The molecular weight excluding hydrogens is 307 g/mol. The second-order valence-corrected chi connectivity index (χ2v) is 7.88. The van der Waals surface area contributed by atoms with Gasteiger partial charge in [0, 0.05) is 18.8 Å². The molecule has 1 amide bonds. The summed E-state index contributed by atoms with van der Waals surface area (Å²) in [7, 11) is 1.94. The molecular formula is C19H27FN2O2. The summed E-state index contributed by atoms with van der Waals surface area (Å²) in [5, 5.41) is 0. The van der Waals surface area contributed by atoms with Gasteiger partial charge >= 0.3 is 6.09 Å². The molecule has 0 spiro atoms. The topological polar surface area (TPSA) is 32.8 Å². The molecule has 1 aromatic carbocycles. The molecule has 0 radical (unpaired) electrons. The standard InChI is InChI=1S/C19H27FN2O2/c1-19(2,3)24-18(23)22-14-10-11-15(22)17(20)16(12-14)21(4)13-8-6-5-7-9-13/h5-9,14-17H,10-12H2,1-4H3/t14-,15+,16-,17+/m1/s1. The molecule has 2 heterocycles. The zero-order valence-electron chi connectivity index (χ0n) is 14.9. The number of para-hydroxylation sites is 1. The number of anilines is 1. The molecule has 5 heteroatoms. The molecule has 0 unspecified atom stereocenters. The number of hydrogen-bond acceptors (Lipinski definition) is 3. The lowest BCUT2D eigenvalue weighted by molar-refractivity contribution is -0.0103. The summed E-state index contributed by atoms with van der Waals surface area (Å²) in [6.45, 7) is 5.53. The van der Waals surface area contributed by atoms with E-state index in [1.165, 1.54) is 0 Å². The van der Waals surface area contributed by atoms with E-state index in [4.69, 9.17) is 4.74 Å². The van der Waals surface area contributed by atoms with E-state index in [2.05, 4.69) is 0 Å². The summed E-state index contributed by atoms with van der Waals surface area (Å²) in [6.07, 6.45) is 0.760. The second-order valence-electron chi connectivity index (χ2n) is 7.88. The number of benzene rings is 1. The summed E-state index contributed by atoms with van der Waals surface area (Å²) in [4.78, 5) is 16.2. The number of fused-ring (bicyclic) bond motifs is 2. The summed E-state index contributed by atoms with van der Waals surface area (Å²) in [6, 6.07) is 9.35. The van der Waals surface area contributed by atoms with E-state index in [0.717, 1.165) is 12.1 Å². The van der Waals surface area contributed by atoms with Gasteiger partial charge < -0.3 is 9.64 Å². The highest BCUT2D eigenvalue weighted by atomic mass is 19.1. The molecule has 0 aromatic heterocycles. The van der Waals surface area contributed by atoms with Crippen molar-refractivity contribution in [3.05, 3.63) is 30.3 Å². The number of amides is 1. The minimum Gasteiger partial charge on any atom is -0.444 e. The SMILES string of the molecule is CN(c1ccccc1)[C@@H]1C[C@H]2CC[C@@H]([C@@H]1F)N2C(=O)OC(C)(C)C. The Morgan fingerprint density at radius 3 is 2.54 bits per heavy atom. The van der Waals surface area contributed by atoms with E-state index < -0.39 is 11.8 Å².